The van der Waals surface area contributed by atoms with E-state index in [0.717, 1.165) is 23.6 Å². The van der Waals surface area contributed by atoms with E-state index in [9.17, 15) is 4.79 Å². The van der Waals surface area contributed by atoms with Crippen molar-refractivity contribution in [2.75, 3.05) is 11.9 Å². The number of para-hydroxylation sites is 1. The summed E-state index contributed by atoms with van der Waals surface area (Å²) in [5, 5.41) is 7.51. The first kappa shape index (κ1) is 13.8. The van der Waals surface area contributed by atoms with Gasteiger partial charge in [-0.25, -0.2) is 9.67 Å². The zero-order chi connectivity index (χ0) is 14.8. The smallest absolute Gasteiger partial charge is 0.149 e. The molecule has 110 valence electrons. The molecule has 0 spiro atoms. The number of Topliss-reactive ketones (excluding diaryl/α,β-unsaturated/α-hetero) is 1. The molecular weight excluding hydrogens is 264 g/mol. The molecule has 0 bridgehead atoms. The van der Waals surface area contributed by atoms with Gasteiger partial charge in [-0.1, -0.05) is 32.0 Å². The van der Waals surface area contributed by atoms with Crippen molar-refractivity contribution in [2.24, 2.45) is 5.92 Å². The topological polar surface area (TPSA) is 59.8 Å². The molecule has 0 saturated heterocycles. The summed E-state index contributed by atoms with van der Waals surface area (Å²) in [6, 6.07) is 8.01. The van der Waals surface area contributed by atoms with E-state index in [1.807, 2.05) is 28.9 Å². The molecule has 5 nitrogen and oxygen atoms in total. The maximum Gasteiger partial charge on any atom is 0.149 e. The molecule has 5 heteroatoms. The zero-order valence-corrected chi connectivity index (χ0v) is 12.4. The van der Waals surface area contributed by atoms with Crippen LogP contribution >= 0.6 is 0 Å². The van der Waals surface area contributed by atoms with E-state index in [0.29, 0.717) is 18.9 Å². The standard InChI is InChI=1S/C16H20N4O/c1-11(2)9-20-16(18-10-19-20)7-15(21)13-8-17-14-6-4-3-5-12(13)14/h3-6,10-11,13,17H,7-9H2,1-2H3. The molecule has 1 atom stereocenters. The quantitative estimate of drug-likeness (QED) is 0.915. The van der Waals surface area contributed by atoms with E-state index >= 15 is 0 Å². The summed E-state index contributed by atoms with van der Waals surface area (Å²) in [6.07, 6.45) is 1.87. The van der Waals surface area contributed by atoms with Crippen LogP contribution < -0.4 is 5.32 Å². The van der Waals surface area contributed by atoms with Gasteiger partial charge in [-0.3, -0.25) is 4.79 Å². The molecule has 1 aromatic heterocycles. The summed E-state index contributed by atoms with van der Waals surface area (Å²) >= 11 is 0. The highest BCUT2D eigenvalue weighted by Gasteiger charge is 2.28. The maximum atomic E-state index is 12.6. The van der Waals surface area contributed by atoms with Crippen LogP contribution in [0.15, 0.2) is 30.6 Å². The lowest BCUT2D eigenvalue weighted by molar-refractivity contribution is -0.119. The Balaban J connectivity index is 1.75. The highest BCUT2D eigenvalue weighted by Crippen LogP contribution is 2.32. The van der Waals surface area contributed by atoms with Crippen LogP contribution in [-0.2, 0) is 17.8 Å². The van der Waals surface area contributed by atoms with Gasteiger partial charge in [0.1, 0.15) is 17.9 Å². The second-order valence-electron chi connectivity index (χ2n) is 5.92. The molecule has 1 aliphatic rings. The Morgan fingerprint density at radius 1 is 1.43 bits per heavy atom. The molecule has 2 aromatic rings. The normalized spacial score (nSPS) is 16.8. The fraction of sp³-hybridized carbons (Fsp3) is 0.438. The summed E-state index contributed by atoms with van der Waals surface area (Å²) in [6.45, 7) is 5.73. The van der Waals surface area contributed by atoms with Gasteiger partial charge in [0.05, 0.1) is 12.3 Å². The van der Waals surface area contributed by atoms with Gasteiger partial charge < -0.3 is 5.32 Å². The van der Waals surface area contributed by atoms with Crippen molar-refractivity contribution in [2.45, 2.75) is 32.7 Å². The lowest BCUT2D eigenvalue weighted by Gasteiger charge is -2.11. The fourth-order valence-corrected chi connectivity index (χ4v) is 2.77. The van der Waals surface area contributed by atoms with E-state index in [1.165, 1.54) is 6.33 Å². The predicted molar refractivity (Wildman–Crippen MR) is 81.2 cm³/mol. The third-order valence-electron chi connectivity index (χ3n) is 3.79. The molecule has 2 heterocycles. The lowest BCUT2D eigenvalue weighted by Crippen LogP contribution is -2.20. The van der Waals surface area contributed by atoms with Crippen LogP contribution in [0, 0.1) is 5.92 Å². The van der Waals surface area contributed by atoms with Crippen molar-refractivity contribution >= 4 is 11.5 Å². The zero-order valence-electron chi connectivity index (χ0n) is 12.4. The Labute approximate surface area is 124 Å². The summed E-state index contributed by atoms with van der Waals surface area (Å²) < 4.78 is 1.84. The summed E-state index contributed by atoms with van der Waals surface area (Å²) in [4.78, 5) is 16.8. The van der Waals surface area contributed by atoms with Crippen molar-refractivity contribution in [1.82, 2.24) is 14.8 Å². The van der Waals surface area contributed by atoms with E-state index in [4.69, 9.17) is 0 Å². The third kappa shape index (κ3) is 2.82. The number of ketones is 1. The second-order valence-corrected chi connectivity index (χ2v) is 5.92. The van der Waals surface area contributed by atoms with E-state index < -0.39 is 0 Å². The molecule has 0 amide bonds. The number of anilines is 1. The fourth-order valence-electron chi connectivity index (χ4n) is 2.77. The van der Waals surface area contributed by atoms with Gasteiger partial charge in [-0.2, -0.15) is 5.10 Å². The number of carbonyl (C=O) groups excluding carboxylic acids is 1. The predicted octanol–water partition coefficient (Wildman–Crippen LogP) is 2.25. The monoisotopic (exact) mass is 284 g/mol. The van der Waals surface area contributed by atoms with Crippen molar-refractivity contribution in [1.29, 1.82) is 0 Å². The summed E-state index contributed by atoms with van der Waals surface area (Å²) in [7, 11) is 0. The minimum absolute atomic E-state index is 0.0783. The largest absolute Gasteiger partial charge is 0.384 e. The van der Waals surface area contributed by atoms with Gasteiger partial charge in [0.15, 0.2) is 0 Å². The molecule has 1 unspecified atom stereocenters. The average Bonchev–Trinajstić information content (AvgIpc) is 3.05. The van der Waals surface area contributed by atoms with Gasteiger partial charge in [-0.15, -0.1) is 0 Å². The number of hydrogen-bond acceptors (Lipinski definition) is 4. The Morgan fingerprint density at radius 3 is 3.05 bits per heavy atom. The maximum absolute atomic E-state index is 12.6. The number of nitrogens with one attached hydrogen (secondary N) is 1. The summed E-state index contributed by atoms with van der Waals surface area (Å²) in [5.41, 5.74) is 2.16. The van der Waals surface area contributed by atoms with Gasteiger partial charge in [0.2, 0.25) is 0 Å². The number of aromatic nitrogens is 3. The van der Waals surface area contributed by atoms with Crippen LogP contribution in [0.25, 0.3) is 0 Å². The average molecular weight is 284 g/mol. The number of fused-ring (bicyclic) bond motifs is 1. The van der Waals surface area contributed by atoms with Crippen LogP contribution in [0.5, 0.6) is 0 Å². The van der Waals surface area contributed by atoms with Crippen LogP contribution in [-0.4, -0.2) is 27.1 Å². The van der Waals surface area contributed by atoms with E-state index in [1.54, 1.807) is 0 Å². The molecule has 0 aliphatic carbocycles. The van der Waals surface area contributed by atoms with Crippen molar-refractivity contribution in [3.8, 4) is 0 Å². The molecule has 0 saturated carbocycles. The molecule has 21 heavy (non-hydrogen) atoms. The van der Waals surface area contributed by atoms with Crippen LogP contribution in [0.4, 0.5) is 5.69 Å². The Morgan fingerprint density at radius 2 is 2.24 bits per heavy atom. The number of hydrogen-bond donors (Lipinski definition) is 1. The van der Waals surface area contributed by atoms with Gasteiger partial charge >= 0.3 is 0 Å². The SMILES string of the molecule is CC(C)Cn1ncnc1CC(=O)C1CNc2ccccc21. The first-order valence-electron chi connectivity index (χ1n) is 7.37. The first-order chi connectivity index (χ1) is 10.1. The molecule has 0 fully saturated rings. The Bertz CT molecular complexity index is 647. The van der Waals surface area contributed by atoms with Gasteiger partial charge in [0.25, 0.3) is 0 Å². The van der Waals surface area contributed by atoms with Gasteiger partial charge in [-0.05, 0) is 17.5 Å². The number of benzene rings is 1. The lowest BCUT2D eigenvalue weighted by atomic mass is 9.95. The number of rotatable bonds is 5. The van der Waals surface area contributed by atoms with Crippen molar-refractivity contribution in [3.05, 3.63) is 42.0 Å². The van der Waals surface area contributed by atoms with Gasteiger partial charge in [0, 0.05) is 18.8 Å². The summed E-state index contributed by atoms with van der Waals surface area (Å²) in [5.74, 6) is 1.36. The molecule has 3 rings (SSSR count). The molecule has 1 aromatic carbocycles. The minimum atomic E-state index is -0.0783. The van der Waals surface area contributed by atoms with E-state index in [2.05, 4.69) is 29.2 Å². The van der Waals surface area contributed by atoms with Crippen LogP contribution in [0.1, 0.15) is 31.2 Å². The van der Waals surface area contributed by atoms with Crippen molar-refractivity contribution < 1.29 is 4.79 Å². The Kier molecular flexibility index (Phi) is 3.73. The second kappa shape index (κ2) is 5.68. The molecule has 1 N–H and O–H groups in total. The minimum Gasteiger partial charge on any atom is -0.384 e. The Hall–Kier alpha value is -2.17. The molecule has 0 radical (unpaired) electrons. The van der Waals surface area contributed by atoms with Crippen LogP contribution in [0.2, 0.25) is 0 Å². The third-order valence-corrected chi connectivity index (χ3v) is 3.79. The molecular formula is C16H20N4O. The highest BCUT2D eigenvalue weighted by molar-refractivity contribution is 5.90. The van der Waals surface area contributed by atoms with E-state index in [-0.39, 0.29) is 11.7 Å². The first-order valence-corrected chi connectivity index (χ1v) is 7.37. The number of nitrogens with zero attached hydrogens (tertiary/aromatic N) is 3. The highest BCUT2D eigenvalue weighted by atomic mass is 16.1. The van der Waals surface area contributed by atoms with Crippen molar-refractivity contribution in [3.63, 3.8) is 0 Å². The molecule has 1 aliphatic heterocycles. The van der Waals surface area contributed by atoms with Crippen LogP contribution in [0.3, 0.4) is 0 Å². The number of carbonyl (C=O) groups is 1.